The molecule has 0 fully saturated rings. The summed E-state index contributed by atoms with van der Waals surface area (Å²) in [6, 6.07) is 5.56. The molecule has 0 spiro atoms. The minimum Gasteiger partial charge on any atom is -0.497 e. The Kier molecular flexibility index (Phi) is 7.19. The zero-order chi connectivity index (χ0) is 19.9. The van der Waals surface area contributed by atoms with E-state index in [-0.39, 0.29) is 19.4 Å². The van der Waals surface area contributed by atoms with Crippen molar-refractivity contribution in [1.29, 1.82) is 0 Å². The van der Waals surface area contributed by atoms with Gasteiger partial charge in [-0.3, -0.25) is 0 Å². The van der Waals surface area contributed by atoms with Gasteiger partial charge in [-0.2, -0.15) is 0 Å². The van der Waals surface area contributed by atoms with Crippen LogP contribution in [0.3, 0.4) is 0 Å². The van der Waals surface area contributed by atoms with Gasteiger partial charge in [0.1, 0.15) is 5.75 Å². The Balaban J connectivity index is 2.31. The SMILES string of the molecule is CCOC(=O)/C=C/CC1(O)C/C(=C\C(=O)OCC)c2ccc(OC)cc2C1. The van der Waals surface area contributed by atoms with Crippen molar-refractivity contribution in [2.75, 3.05) is 20.3 Å². The van der Waals surface area contributed by atoms with E-state index in [2.05, 4.69) is 0 Å². The summed E-state index contributed by atoms with van der Waals surface area (Å²) in [5.41, 5.74) is 1.34. The van der Waals surface area contributed by atoms with Crippen LogP contribution in [0.2, 0.25) is 0 Å². The number of hydrogen-bond donors (Lipinski definition) is 1. The van der Waals surface area contributed by atoms with E-state index in [4.69, 9.17) is 14.2 Å². The van der Waals surface area contributed by atoms with Gasteiger partial charge < -0.3 is 19.3 Å². The van der Waals surface area contributed by atoms with Crippen molar-refractivity contribution in [3.63, 3.8) is 0 Å². The predicted molar refractivity (Wildman–Crippen MR) is 101 cm³/mol. The highest BCUT2D eigenvalue weighted by Crippen LogP contribution is 2.40. The molecule has 1 atom stereocenters. The fourth-order valence-corrected chi connectivity index (χ4v) is 3.19. The Morgan fingerprint density at radius 3 is 2.52 bits per heavy atom. The molecule has 6 nitrogen and oxygen atoms in total. The molecule has 0 amide bonds. The van der Waals surface area contributed by atoms with Gasteiger partial charge in [-0.1, -0.05) is 12.1 Å². The first-order chi connectivity index (χ1) is 12.9. The maximum atomic E-state index is 12.0. The van der Waals surface area contributed by atoms with Gasteiger partial charge in [0, 0.05) is 25.0 Å². The highest BCUT2D eigenvalue weighted by atomic mass is 16.5. The molecule has 1 aromatic rings. The van der Waals surface area contributed by atoms with Gasteiger partial charge in [0.25, 0.3) is 0 Å². The van der Waals surface area contributed by atoms with Crippen LogP contribution in [0.1, 0.15) is 37.8 Å². The molecule has 2 rings (SSSR count). The number of ether oxygens (including phenoxy) is 3. The molecular formula is C21H26O6. The second-order valence-corrected chi connectivity index (χ2v) is 6.38. The zero-order valence-electron chi connectivity index (χ0n) is 16.0. The van der Waals surface area contributed by atoms with Gasteiger partial charge in [-0.05, 0) is 49.1 Å². The number of carbonyl (C=O) groups is 2. The topological polar surface area (TPSA) is 82.1 Å². The summed E-state index contributed by atoms with van der Waals surface area (Å²) in [6.45, 7) is 4.06. The number of hydrogen-bond acceptors (Lipinski definition) is 6. The number of esters is 2. The van der Waals surface area contributed by atoms with Crippen LogP contribution < -0.4 is 4.74 Å². The smallest absolute Gasteiger partial charge is 0.331 e. The van der Waals surface area contributed by atoms with Gasteiger partial charge in [-0.15, -0.1) is 0 Å². The lowest BCUT2D eigenvalue weighted by Crippen LogP contribution is -2.35. The fourth-order valence-electron chi connectivity index (χ4n) is 3.19. The first kappa shape index (κ1) is 20.7. The quantitative estimate of drug-likeness (QED) is 0.584. The Morgan fingerprint density at radius 1 is 1.15 bits per heavy atom. The molecule has 0 aromatic heterocycles. The second kappa shape index (κ2) is 9.37. The third-order valence-corrected chi connectivity index (χ3v) is 4.31. The fraction of sp³-hybridized carbons (Fsp3) is 0.429. The van der Waals surface area contributed by atoms with Crippen molar-refractivity contribution in [3.8, 4) is 5.75 Å². The summed E-state index contributed by atoms with van der Waals surface area (Å²) in [6.07, 6.45) is 5.25. The van der Waals surface area contributed by atoms with Crippen LogP contribution in [-0.4, -0.2) is 43.0 Å². The summed E-state index contributed by atoms with van der Waals surface area (Å²) in [7, 11) is 1.58. The van der Waals surface area contributed by atoms with Crippen molar-refractivity contribution < 1.29 is 28.9 Å². The van der Waals surface area contributed by atoms with Crippen LogP contribution in [0, 0.1) is 0 Å². The second-order valence-electron chi connectivity index (χ2n) is 6.38. The van der Waals surface area contributed by atoms with Crippen molar-refractivity contribution in [1.82, 2.24) is 0 Å². The minimum atomic E-state index is -1.12. The average Bonchev–Trinajstić information content (AvgIpc) is 2.61. The highest BCUT2D eigenvalue weighted by Gasteiger charge is 2.34. The number of benzene rings is 1. The van der Waals surface area contributed by atoms with Crippen LogP contribution in [0.5, 0.6) is 5.75 Å². The third-order valence-electron chi connectivity index (χ3n) is 4.31. The van der Waals surface area contributed by atoms with E-state index in [0.717, 1.165) is 11.1 Å². The molecule has 0 bridgehead atoms. The largest absolute Gasteiger partial charge is 0.497 e. The maximum absolute atomic E-state index is 12.0. The Hall–Kier alpha value is -2.60. The van der Waals surface area contributed by atoms with E-state index in [9.17, 15) is 14.7 Å². The van der Waals surface area contributed by atoms with Gasteiger partial charge in [0.2, 0.25) is 0 Å². The maximum Gasteiger partial charge on any atom is 0.331 e. The van der Waals surface area contributed by atoms with Gasteiger partial charge in [-0.25, -0.2) is 9.59 Å². The van der Waals surface area contributed by atoms with Crippen LogP contribution >= 0.6 is 0 Å². The van der Waals surface area contributed by atoms with Gasteiger partial charge in [0.05, 0.1) is 25.9 Å². The van der Waals surface area contributed by atoms with Gasteiger partial charge in [0.15, 0.2) is 0 Å². The first-order valence-corrected chi connectivity index (χ1v) is 9.01. The highest BCUT2D eigenvalue weighted by molar-refractivity contribution is 5.92. The molecule has 0 saturated heterocycles. The van der Waals surface area contributed by atoms with E-state index in [0.29, 0.717) is 24.4 Å². The summed E-state index contributed by atoms with van der Waals surface area (Å²) in [4.78, 5) is 23.4. The Labute approximate surface area is 159 Å². The van der Waals surface area contributed by atoms with E-state index >= 15 is 0 Å². The number of fused-ring (bicyclic) bond motifs is 1. The molecule has 0 aliphatic heterocycles. The van der Waals surface area contributed by atoms with Crippen LogP contribution in [0.25, 0.3) is 5.57 Å². The van der Waals surface area contributed by atoms with Crippen molar-refractivity contribution in [2.45, 2.75) is 38.7 Å². The normalized spacial score (nSPS) is 20.4. The van der Waals surface area contributed by atoms with Crippen LogP contribution in [0.15, 0.2) is 36.4 Å². The number of rotatable bonds is 7. The molecular weight excluding hydrogens is 348 g/mol. The minimum absolute atomic E-state index is 0.253. The first-order valence-electron chi connectivity index (χ1n) is 9.01. The molecule has 0 saturated carbocycles. The molecule has 0 radical (unpaired) electrons. The molecule has 0 heterocycles. The molecule has 1 N–H and O–H groups in total. The third kappa shape index (κ3) is 5.69. The Bertz CT molecular complexity index is 749. The zero-order valence-corrected chi connectivity index (χ0v) is 16.0. The summed E-state index contributed by atoms with van der Waals surface area (Å²) >= 11 is 0. The molecule has 6 heteroatoms. The Morgan fingerprint density at radius 2 is 1.85 bits per heavy atom. The lowest BCUT2D eigenvalue weighted by Gasteiger charge is -2.34. The lowest BCUT2D eigenvalue weighted by atomic mass is 9.75. The van der Waals surface area contributed by atoms with Crippen LogP contribution in [-0.2, 0) is 25.5 Å². The average molecular weight is 374 g/mol. The number of aliphatic hydroxyl groups is 1. The summed E-state index contributed by atoms with van der Waals surface area (Å²) in [5, 5.41) is 11.1. The van der Waals surface area contributed by atoms with E-state index in [1.54, 1.807) is 27.0 Å². The summed E-state index contributed by atoms with van der Waals surface area (Å²) < 4.78 is 15.1. The number of carbonyl (C=O) groups excluding carboxylic acids is 2. The van der Waals surface area contributed by atoms with E-state index < -0.39 is 17.5 Å². The monoisotopic (exact) mass is 374 g/mol. The molecule has 1 unspecified atom stereocenters. The van der Waals surface area contributed by atoms with Crippen molar-refractivity contribution in [3.05, 3.63) is 47.6 Å². The van der Waals surface area contributed by atoms with Crippen molar-refractivity contribution in [2.24, 2.45) is 0 Å². The van der Waals surface area contributed by atoms with E-state index in [1.165, 1.54) is 12.2 Å². The van der Waals surface area contributed by atoms with Crippen LogP contribution in [0.4, 0.5) is 0 Å². The summed E-state index contributed by atoms with van der Waals surface area (Å²) in [5.74, 6) is -0.211. The molecule has 1 aliphatic rings. The van der Waals surface area contributed by atoms with Gasteiger partial charge >= 0.3 is 11.9 Å². The van der Waals surface area contributed by atoms with E-state index in [1.807, 2.05) is 18.2 Å². The molecule has 1 aliphatic carbocycles. The predicted octanol–water partition coefficient (Wildman–Crippen LogP) is 2.83. The molecule has 27 heavy (non-hydrogen) atoms. The molecule has 1 aromatic carbocycles. The lowest BCUT2D eigenvalue weighted by molar-refractivity contribution is -0.138. The number of methoxy groups -OCH3 is 1. The van der Waals surface area contributed by atoms with Crippen molar-refractivity contribution >= 4 is 17.5 Å². The standard InChI is InChI=1S/C21H26O6/c1-4-26-19(22)7-6-10-21(24)13-15-11-17(25-3)8-9-18(15)16(14-21)12-20(23)27-5-2/h6-9,11-12,24H,4-5,10,13-14H2,1-3H3/b7-6+,16-12+. The molecule has 146 valence electrons.